The monoisotopic (exact) mass is 652 g/mol. The van der Waals surface area contributed by atoms with E-state index in [4.69, 9.17) is 4.98 Å². The summed E-state index contributed by atoms with van der Waals surface area (Å²) in [5, 5.41) is 5.01. The van der Waals surface area contributed by atoms with Crippen LogP contribution in [-0.4, -0.2) is 14.0 Å². The van der Waals surface area contributed by atoms with Crippen molar-refractivity contribution in [2.75, 3.05) is 4.90 Å². The third kappa shape index (κ3) is 5.04. The van der Waals surface area contributed by atoms with Gasteiger partial charge in [0.1, 0.15) is 5.65 Å². The lowest BCUT2D eigenvalue weighted by Gasteiger charge is -2.26. The van der Waals surface area contributed by atoms with E-state index in [0.717, 1.165) is 39.7 Å². The Labute approximate surface area is 295 Å². The van der Waals surface area contributed by atoms with Crippen molar-refractivity contribution in [3.8, 4) is 28.1 Å². The van der Waals surface area contributed by atoms with Crippen molar-refractivity contribution in [2.24, 2.45) is 0 Å². The number of hydrogen-bond acceptors (Lipinski definition) is 2. The van der Waals surface area contributed by atoms with Gasteiger partial charge in [0.15, 0.2) is 0 Å². The molecule has 0 amide bonds. The van der Waals surface area contributed by atoms with Gasteiger partial charge < -0.3 is 13.9 Å². The first kappa shape index (κ1) is 29.0. The van der Waals surface area contributed by atoms with Crippen molar-refractivity contribution < 1.29 is 0 Å². The molecule has 0 aliphatic heterocycles. The molecule has 10 aromatic rings. The molecule has 10 rings (SSSR count). The molecule has 3 heterocycles. The summed E-state index contributed by atoms with van der Waals surface area (Å²) in [5.41, 5.74) is 12.2. The van der Waals surface area contributed by atoms with Gasteiger partial charge in [0, 0.05) is 51.5 Å². The maximum Gasteiger partial charge on any atom is 0.137 e. The first-order valence-corrected chi connectivity index (χ1v) is 17.3. The van der Waals surface area contributed by atoms with Gasteiger partial charge in [-0.05, 0) is 107 Å². The second kappa shape index (κ2) is 11.9. The molecular formula is C47H32N4. The lowest BCUT2D eigenvalue weighted by molar-refractivity contribution is 1.17. The van der Waals surface area contributed by atoms with Crippen LogP contribution < -0.4 is 4.90 Å². The smallest absolute Gasteiger partial charge is 0.137 e. The molecule has 0 saturated heterocycles. The number of hydrogen-bond donors (Lipinski definition) is 0. The van der Waals surface area contributed by atoms with Gasteiger partial charge in [-0.3, -0.25) is 0 Å². The van der Waals surface area contributed by atoms with Crippen molar-refractivity contribution in [1.29, 1.82) is 0 Å². The Bertz CT molecular complexity index is 2810. The molecule has 240 valence electrons. The van der Waals surface area contributed by atoms with E-state index in [1.807, 2.05) is 24.4 Å². The Balaban J connectivity index is 1.04. The zero-order valence-electron chi connectivity index (χ0n) is 27.8. The molecule has 0 radical (unpaired) electrons. The van der Waals surface area contributed by atoms with Gasteiger partial charge in [0.25, 0.3) is 0 Å². The van der Waals surface area contributed by atoms with E-state index in [1.54, 1.807) is 0 Å². The summed E-state index contributed by atoms with van der Waals surface area (Å²) in [6.45, 7) is 0. The van der Waals surface area contributed by atoms with Crippen LogP contribution >= 0.6 is 0 Å². The van der Waals surface area contributed by atoms with E-state index in [0.29, 0.717) is 0 Å². The molecule has 0 bridgehead atoms. The summed E-state index contributed by atoms with van der Waals surface area (Å²) >= 11 is 0. The molecular weight excluding hydrogens is 621 g/mol. The molecule has 0 spiro atoms. The predicted molar refractivity (Wildman–Crippen MR) is 213 cm³/mol. The summed E-state index contributed by atoms with van der Waals surface area (Å²) in [6.07, 6.45) is 4.11. The quantitative estimate of drug-likeness (QED) is 0.179. The SMILES string of the molecule is c1ccc(N(c2ccc(-c3cn4ccccc4n3)cc2)c2ccc(-n3c4ccccc4c4cc(-c5ccc6ccccc6c5)ccc43)cc2)cc1. The van der Waals surface area contributed by atoms with Gasteiger partial charge in [-0.2, -0.15) is 0 Å². The minimum absolute atomic E-state index is 0.941. The number of benzene rings is 7. The molecule has 0 fully saturated rings. The fourth-order valence-corrected chi connectivity index (χ4v) is 7.43. The fourth-order valence-electron chi connectivity index (χ4n) is 7.43. The van der Waals surface area contributed by atoms with E-state index < -0.39 is 0 Å². The zero-order valence-corrected chi connectivity index (χ0v) is 27.8. The highest BCUT2D eigenvalue weighted by molar-refractivity contribution is 6.10. The van der Waals surface area contributed by atoms with Crippen LogP contribution in [-0.2, 0) is 0 Å². The highest BCUT2D eigenvalue weighted by Gasteiger charge is 2.16. The number of imidazole rings is 1. The van der Waals surface area contributed by atoms with Crippen LogP contribution in [0.15, 0.2) is 194 Å². The lowest BCUT2D eigenvalue weighted by Crippen LogP contribution is -2.10. The van der Waals surface area contributed by atoms with Gasteiger partial charge in [-0.25, -0.2) is 4.98 Å². The minimum atomic E-state index is 0.941. The molecule has 0 aliphatic carbocycles. The Morgan fingerprint density at radius 3 is 1.88 bits per heavy atom. The molecule has 3 aromatic heterocycles. The van der Waals surface area contributed by atoms with Crippen LogP contribution in [0.5, 0.6) is 0 Å². The third-order valence-electron chi connectivity index (χ3n) is 9.92. The molecule has 4 heteroatoms. The first-order valence-electron chi connectivity index (χ1n) is 17.3. The maximum absolute atomic E-state index is 4.83. The van der Waals surface area contributed by atoms with Crippen LogP contribution in [0.3, 0.4) is 0 Å². The van der Waals surface area contributed by atoms with Crippen molar-refractivity contribution >= 4 is 55.3 Å². The van der Waals surface area contributed by atoms with Crippen molar-refractivity contribution in [2.45, 2.75) is 0 Å². The molecule has 51 heavy (non-hydrogen) atoms. The standard InChI is InChI=1S/C47H32N4/c1-2-12-38(13-3-1)50(39-22-19-34(20-23-39)44-32-49-29-9-8-16-47(49)48-44)40-24-26-41(27-25-40)51-45-15-7-6-14-42(45)43-31-37(21-28-46(43)51)36-18-17-33-10-4-5-11-35(33)30-36/h1-32H. The van der Waals surface area contributed by atoms with Gasteiger partial charge >= 0.3 is 0 Å². The largest absolute Gasteiger partial charge is 0.311 e. The second-order valence-corrected chi connectivity index (χ2v) is 13.0. The highest BCUT2D eigenvalue weighted by atomic mass is 15.1. The van der Waals surface area contributed by atoms with Crippen LogP contribution in [0.1, 0.15) is 0 Å². The summed E-state index contributed by atoms with van der Waals surface area (Å²) in [7, 11) is 0. The summed E-state index contributed by atoms with van der Waals surface area (Å²) in [6, 6.07) is 65.1. The van der Waals surface area contributed by atoms with Crippen LogP contribution in [0.2, 0.25) is 0 Å². The Hall–Kier alpha value is -6.91. The Morgan fingerprint density at radius 1 is 0.431 bits per heavy atom. The first-order chi connectivity index (χ1) is 25.3. The maximum atomic E-state index is 4.83. The van der Waals surface area contributed by atoms with Crippen LogP contribution in [0.25, 0.3) is 66.3 Å². The summed E-state index contributed by atoms with van der Waals surface area (Å²) < 4.78 is 4.44. The van der Waals surface area contributed by atoms with E-state index in [1.165, 1.54) is 43.7 Å². The second-order valence-electron chi connectivity index (χ2n) is 13.0. The number of aromatic nitrogens is 3. The van der Waals surface area contributed by atoms with Gasteiger partial charge in [0.05, 0.1) is 16.7 Å². The van der Waals surface area contributed by atoms with Crippen molar-refractivity contribution in [1.82, 2.24) is 14.0 Å². The molecule has 0 unspecified atom stereocenters. The summed E-state index contributed by atoms with van der Waals surface area (Å²) in [4.78, 5) is 7.13. The van der Waals surface area contributed by atoms with Gasteiger partial charge in [-0.1, -0.05) is 97.1 Å². The third-order valence-corrected chi connectivity index (χ3v) is 9.92. The molecule has 4 nitrogen and oxygen atoms in total. The molecule has 0 saturated carbocycles. The van der Waals surface area contributed by atoms with E-state index in [-0.39, 0.29) is 0 Å². The van der Waals surface area contributed by atoms with Gasteiger partial charge in [0.2, 0.25) is 0 Å². The number of anilines is 3. The zero-order chi connectivity index (χ0) is 33.7. The van der Waals surface area contributed by atoms with Crippen LogP contribution in [0, 0.1) is 0 Å². The number of rotatable bonds is 6. The number of pyridine rings is 1. The predicted octanol–water partition coefficient (Wildman–Crippen LogP) is 12.4. The minimum Gasteiger partial charge on any atom is -0.311 e. The van der Waals surface area contributed by atoms with Gasteiger partial charge in [-0.15, -0.1) is 0 Å². The lowest BCUT2D eigenvalue weighted by atomic mass is 9.99. The topological polar surface area (TPSA) is 25.5 Å². The average molecular weight is 653 g/mol. The average Bonchev–Trinajstić information content (AvgIpc) is 3.78. The van der Waals surface area contributed by atoms with Crippen molar-refractivity contribution in [3.63, 3.8) is 0 Å². The van der Waals surface area contributed by atoms with Crippen LogP contribution in [0.4, 0.5) is 17.1 Å². The van der Waals surface area contributed by atoms with Crippen molar-refractivity contribution in [3.05, 3.63) is 194 Å². The normalized spacial score (nSPS) is 11.5. The Morgan fingerprint density at radius 2 is 1.06 bits per heavy atom. The Kier molecular flexibility index (Phi) is 6.78. The molecule has 0 atom stereocenters. The highest BCUT2D eigenvalue weighted by Crippen LogP contribution is 2.39. The number of para-hydroxylation sites is 2. The van der Waals surface area contributed by atoms with E-state index >= 15 is 0 Å². The number of fused-ring (bicyclic) bond motifs is 5. The van der Waals surface area contributed by atoms with E-state index in [9.17, 15) is 0 Å². The molecule has 0 N–H and O–H groups in total. The number of nitrogens with zero attached hydrogens (tertiary/aromatic N) is 4. The molecule has 7 aromatic carbocycles. The van der Waals surface area contributed by atoms with E-state index in [2.05, 4.69) is 184 Å². The molecule has 0 aliphatic rings. The summed E-state index contributed by atoms with van der Waals surface area (Å²) in [5.74, 6) is 0. The fraction of sp³-hybridized carbons (Fsp3) is 0.